The minimum atomic E-state index is -0.139. The molecule has 1 aromatic rings. The maximum Gasteiger partial charge on any atom is 0.314 e. The highest BCUT2D eigenvalue weighted by Gasteiger charge is 2.31. The molecule has 1 aromatic heterocycles. The lowest BCUT2D eigenvalue weighted by atomic mass is 9.90. The first-order chi connectivity index (χ1) is 11.0. The van der Waals surface area contributed by atoms with E-state index >= 15 is 0 Å². The molecule has 0 radical (unpaired) electrons. The van der Waals surface area contributed by atoms with Gasteiger partial charge < -0.3 is 4.74 Å². The molecule has 0 N–H and O–H groups in total. The van der Waals surface area contributed by atoms with E-state index in [0.29, 0.717) is 18.7 Å². The lowest BCUT2D eigenvalue weighted by Crippen LogP contribution is -2.40. The van der Waals surface area contributed by atoms with Crippen LogP contribution in [0.2, 0.25) is 0 Å². The predicted octanol–water partition coefficient (Wildman–Crippen LogP) is 4.46. The number of hydrogen-bond acceptors (Lipinski definition) is 4. The molecular formula is C19H29NO2S. The van der Waals surface area contributed by atoms with Gasteiger partial charge in [0.05, 0.1) is 5.92 Å². The van der Waals surface area contributed by atoms with E-state index in [2.05, 4.69) is 50.8 Å². The summed E-state index contributed by atoms with van der Waals surface area (Å²) in [5.41, 5.74) is 0. The molecule has 0 aliphatic heterocycles. The molecule has 0 unspecified atom stereocenters. The predicted molar refractivity (Wildman–Crippen MR) is 96.9 cm³/mol. The highest BCUT2D eigenvalue weighted by atomic mass is 32.1. The van der Waals surface area contributed by atoms with Crippen molar-refractivity contribution in [3.05, 3.63) is 34.5 Å². The maximum absolute atomic E-state index is 12.7. The summed E-state index contributed by atoms with van der Waals surface area (Å²) in [4.78, 5) is 16.2. The fraction of sp³-hybridized carbons (Fsp3) is 0.632. The Morgan fingerprint density at radius 2 is 2.09 bits per heavy atom. The van der Waals surface area contributed by atoms with Crippen molar-refractivity contribution in [2.75, 3.05) is 13.2 Å². The van der Waals surface area contributed by atoms with Crippen molar-refractivity contribution in [2.45, 2.75) is 58.5 Å². The third-order valence-electron chi connectivity index (χ3n) is 4.50. The summed E-state index contributed by atoms with van der Waals surface area (Å²) in [5.74, 6) is 0.0733. The van der Waals surface area contributed by atoms with Crippen LogP contribution in [0.1, 0.15) is 51.3 Å². The molecule has 2 rings (SSSR count). The van der Waals surface area contributed by atoms with E-state index in [-0.39, 0.29) is 17.8 Å². The van der Waals surface area contributed by atoms with E-state index in [9.17, 15) is 4.79 Å². The lowest BCUT2D eigenvalue weighted by Gasteiger charge is -2.30. The average molecular weight is 336 g/mol. The first kappa shape index (κ1) is 18.2. The number of nitrogens with zero attached hydrogens (tertiary/aromatic N) is 1. The molecule has 3 nitrogen and oxygen atoms in total. The Hall–Kier alpha value is -1.13. The van der Waals surface area contributed by atoms with Gasteiger partial charge in [0.15, 0.2) is 0 Å². The van der Waals surface area contributed by atoms with E-state index in [1.165, 1.54) is 0 Å². The molecule has 1 aliphatic carbocycles. The van der Waals surface area contributed by atoms with Gasteiger partial charge in [0.2, 0.25) is 0 Å². The van der Waals surface area contributed by atoms with Crippen molar-refractivity contribution in [3.8, 4) is 0 Å². The van der Waals surface area contributed by atoms with Crippen molar-refractivity contribution < 1.29 is 9.53 Å². The van der Waals surface area contributed by atoms with Crippen LogP contribution in [0.3, 0.4) is 0 Å². The molecule has 23 heavy (non-hydrogen) atoms. The van der Waals surface area contributed by atoms with Crippen LogP contribution in [0.15, 0.2) is 29.7 Å². The summed E-state index contributed by atoms with van der Waals surface area (Å²) in [6.45, 7) is 9.98. The molecule has 0 saturated carbocycles. The number of hydrogen-bond donors (Lipinski definition) is 0. The Morgan fingerprint density at radius 1 is 1.35 bits per heavy atom. The second kappa shape index (κ2) is 8.65. The fourth-order valence-electron chi connectivity index (χ4n) is 3.36. The van der Waals surface area contributed by atoms with Crippen LogP contribution >= 0.6 is 11.3 Å². The Balaban J connectivity index is 1.95. The summed E-state index contributed by atoms with van der Waals surface area (Å²) >= 11 is 1.65. The summed E-state index contributed by atoms with van der Waals surface area (Å²) < 4.78 is 5.66. The fourth-order valence-corrected chi connectivity index (χ4v) is 4.25. The van der Waals surface area contributed by atoms with E-state index in [4.69, 9.17) is 4.74 Å². The van der Waals surface area contributed by atoms with Gasteiger partial charge in [0, 0.05) is 23.5 Å². The normalized spacial score (nSPS) is 19.0. The Bertz CT molecular complexity index is 499. The van der Waals surface area contributed by atoms with Crippen LogP contribution in [0.5, 0.6) is 0 Å². The van der Waals surface area contributed by atoms with Gasteiger partial charge in [0.25, 0.3) is 0 Å². The van der Waals surface area contributed by atoms with Crippen molar-refractivity contribution in [1.29, 1.82) is 0 Å². The first-order valence-electron chi connectivity index (χ1n) is 8.63. The van der Waals surface area contributed by atoms with Gasteiger partial charge in [0.1, 0.15) is 6.61 Å². The lowest BCUT2D eigenvalue weighted by molar-refractivity contribution is -0.147. The number of ether oxygens (including phenoxy) is 1. The molecule has 0 fully saturated rings. The standard InChI is InChI=1S/C19H29NO2S/c1-14(2)20(15(3)4)11-12-22-19(21)18(16-8-5-6-9-16)17-10-7-13-23-17/h5,7-8,10,13-16,18H,6,9,11-12H2,1-4H3/t16-,18-/m0/s1. The minimum Gasteiger partial charge on any atom is -0.464 e. The zero-order valence-electron chi connectivity index (χ0n) is 14.7. The molecular weight excluding hydrogens is 306 g/mol. The van der Waals surface area contributed by atoms with Crippen LogP contribution in [-0.4, -0.2) is 36.1 Å². The molecule has 0 aromatic carbocycles. The van der Waals surface area contributed by atoms with Crippen LogP contribution in [0.25, 0.3) is 0 Å². The Morgan fingerprint density at radius 3 is 2.61 bits per heavy atom. The third kappa shape index (κ3) is 4.92. The highest BCUT2D eigenvalue weighted by Crippen LogP contribution is 2.36. The summed E-state index contributed by atoms with van der Waals surface area (Å²) in [6, 6.07) is 4.98. The molecule has 2 atom stereocenters. The largest absolute Gasteiger partial charge is 0.464 e. The molecule has 4 heteroatoms. The van der Waals surface area contributed by atoms with Crippen LogP contribution in [-0.2, 0) is 9.53 Å². The SMILES string of the molecule is CC(C)N(CCOC(=O)[C@H](c1cccs1)[C@H]1C=CCC1)C(C)C. The van der Waals surface area contributed by atoms with Gasteiger partial charge in [-0.1, -0.05) is 18.2 Å². The first-order valence-corrected chi connectivity index (χ1v) is 9.51. The third-order valence-corrected chi connectivity index (χ3v) is 5.46. The van der Waals surface area contributed by atoms with Gasteiger partial charge in [-0.3, -0.25) is 9.69 Å². The summed E-state index contributed by atoms with van der Waals surface area (Å²) in [7, 11) is 0. The van der Waals surface area contributed by atoms with Crippen molar-refractivity contribution in [2.24, 2.45) is 5.92 Å². The molecule has 1 heterocycles. The Kier molecular flexibility index (Phi) is 6.85. The van der Waals surface area contributed by atoms with E-state index in [0.717, 1.165) is 24.3 Å². The Labute approximate surface area is 144 Å². The number of esters is 1. The molecule has 0 amide bonds. The zero-order chi connectivity index (χ0) is 16.8. The number of allylic oxidation sites excluding steroid dienone is 2. The molecule has 0 bridgehead atoms. The van der Waals surface area contributed by atoms with Crippen molar-refractivity contribution >= 4 is 17.3 Å². The maximum atomic E-state index is 12.7. The van der Waals surface area contributed by atoms with Crippen molar-refractivity contribution in [3.63, 3.8) is 0 Å². The number of carbonyl (C=O) groups is 1. The molecule has 1 aliphatic rings. The summed E-state index contributed by atoms with van der Waals surface area (Å²) in [6.07, 6.45) is 6.47. The average Bonchev–Trinajstić information content (AvgIpc) is 3.16. The molecule has 128 valence electrons. The molecule has 0 saturated heterocycles. The quantitative estimate of drug-likeness (QED) is 0.519. The van der Waals surface area contributed by atoms with Gasteiger partial charge in [-0.15, -0.1) is 11.3 Å². The second-order valence-corrected chi connectivity index (χ2v) is 7.73. The van der Waals surface area contributed by atoms with E-state index in [1.54, 1.807) is 11.3 Å². The topological polar surface area (TPSA) is 29.5 Å². The number of carbonyl (C=O) groups excluding carboxylic acids is 1. The monoisotopic (exact) mass is 335 g/mol. The van der Waals surface area contributed by atoms with E-state index < -0.39 is 0 Å². The van der Waals surface area contributed by atoms with Crippen LogP contribution < -0.4 is 0 Å². The van der Waals surface area contributed by atoms with E-state index in [1.807, 2.05) is 11.4 Å². The van der Waals surface area contributed by atoms with Gasteiger partial charge >= 0.3 is 5.97 Å². The van der Waals surface area contributed by atoms with Crippen LogP contribution in [0, 0.1) is 5.92 Å². The highest BCUT2D eigenvalue weighted by molar-refractivity contribution is 7.10. The number of rotatable bonds is 8. The summed E-state index contributed by atoms with van der Waals surface area (Å²) in [5, 5.41) is 2.04. The minimum absolute atomic E-state index is 0.0727. The van der Waals surface area contributed by atoms with Gasteiger partial charge in [-0.2, -0.15) is 0 Å². The van der Waals surface area contributed by atoms with Gasteiger partial charge in [-0.25, -0.2) is 0 Å². The van der Waals surface area contributed by atoms with Crippen molar-refractivity contribution in [1.82, 2.24) is 4.90 Å². The molecule has 0 spiro atoms. The smallest absolute Gasteiger partial charge is 0.314 e. The van der Waals surface area contributed by atoms with Gasteiger partial charge in [-0.05, 0) is 57.9 Å². The zero-order valence-corrected chi connectivity index (χ0v) is 15.5. The number of thiophene rings is 1. The van der Waals surface area contributed by atoms with Crippen LogP contribution in [0.4, 0.5) is 0 Å². The second-order valence-electron chi connectivity index (χ2n) is 6.76.